The highest BCUT2D eigenvalue weighted by atomic mass is 79.9. The van der Waals surface area contributed by atoms with Gasteiger partial charge in [0.05, 0.1) is 17.4 Å². The standard InChI is InChI=1S/C12H13Br2N3O2S/c1-7-2-9(13)12(10(14)3-7)15-4-8(18)6-19-11-5-16-20-17-11/h2-3,5,8,15,18H,4,6H2,1H3. The van der Waals surface area contributed by atoms with Gasteiger partial charge in [-0.15, -0.1) is 4.37 Å². The number of anilines is 1. The molecule has 8 heteroatoms. The van der Waals surface area contributed by atoms with Crippen LogP contribution >= 0.6 is 43.6 Å². The largest absolute Gasteiger partial charge is 0.473 e. The number of hydrogen-bond donors (Lipinski definition) is 2. The third-order valence-electron chi connectivity index (χ3n) is 2.47. The Kier molecular flexibility index (Phi) is 5.76. The number of aliphatic hydroxyl groups excluding tert-OH is 1. The number of rotatable bonds is 6. The molecule has 1 aromatic carbocycles. The molecule has 0 saturated carbocycles. The first kappa shape index (κ1) is 15.7. The molecule has 0 bridgehead atoms. The Labute approximate surface area is 138 Å². The van der Waals surface area contributed by atoms with Crippen molar-refractivity contribution in [3.8, 4) is 5.88 Å². The molecule has 0 aliphatic rings. The molecule has 2 rings (SSSR count). The van der Waals surface area contributed by atoms with Crippen LogP contribution in [0.15, 0.2) is 27.3 Å². The minimum absolute atomic E-state index is 0.166. The van der Waals surface area contributed by atoms with Crippen LogP contribution in [-0.2, 0) is 0 Å². The molecular formula is C12H13Br2N3O2S. The molecule has 0 spiro atoms. The number of nitrogens with zero attached hydrogens (tertiary/aromatic N) is 2. The van der Waals surface area contributed by atoms with E-state index < -0.39 is 6.10 Å². The fourth-order valence-corrected chi connectivity index (χ4v) is 3.61. The van der Waals surface area contributed by atoms with Gasteiger partial charge in [0, 0.05) is 15.5 Å². The number of ether oxygens (including phenoxy) is 1. The fraction of sp³-hybridized carbons (Fsp3) is 0.333. The number of hydrogen-bond acceptors (Lipinski definition) is 6. The molecule has 0 amide bonds. The van der Waals surface area contributed by atoms with E-state index in [-0.39, 0.29) is 6.61 Å². The maximum atomic E-state index is 9.88. The third kappa shape index (κ3) is 4.41. The van der Waals surface area contributed by atoms with E-state index in [4.69, 9.17) is 4.74 Å². The highest BCUT2D eigenvalue weighted by Crippen LogP contribution is 2.32. The Hall–Kier alpha value is -0.700. The van der Waals surface area contributed by atoms with Crippen LogP contribution in [-0.4, -0.2) is 33.1 Å². The van der Waals surface area contributed by atoms with Gasteiger partial charge >= 0.3 is 0 Å². The van der Waals surface area contributed by atoms with Crippen molar-refractivity contribution in [3.05, 3.63) is 32.8 Å². The summed E-state index contributed by atoms with van der Waals surface area (Å²) in [5.74, 6) is 0.437. The van der Waals surface area contributed by atoms with Crippen LogP contribution in [0, 0.1) is 6.92 Å². The number of benzene rings is 1. The molecule has 0 fully saturated rings. The second kappa shape index (κ2) is 7.35. The van der Waals surface area contributed by atoms with E-state index in [1.54, 1.807) is 0 Å². The molecule has 0 aliphatic heterocycles. The fourth-order valence-electron chi connectivity index (χ4n) is 1.55. The molecule has 0 radical (unpaired) electrons. The zero-order chi connectivity index (χ0) is 14.5. The van der Waals surface area contributed by atoms with Crippen molar-refractivity contribution < 1.29 is 9.84 Å². The number of halogens is 2. The highest BCUT2D eigenvalue weighted by Gasteiger charge is 2.10. The summed E-state index contributed by atoms with van der Waals surface area (Å²) < 4.78 is 14.9. The molecule has 1 heterocycles. The summed E-state index contributed by atoms with van der Waals surface area (Å²) in [5, 5.41) is 13.1. The summed E-state index contributed by atoms with van der Waals surface area (Å²) in [7, 11) is 0. The van der Waals surface area contributed by atoms with Crippen molar-refractivity contribution in [2.24, 2.45) is 0 Å². The molecule has 1 atom stereocenters. The Bertz CT molecular complexity index is 543. The first-order chi connectivity index (χ1) is 9.56. The van der Waals surface area contributed by atoms with Gasteiger partial charge in [-0.05, 0) is 56.5 Å². The molecule has 2 aromatic rings. The van der Waals surface area contributed by atoms with Gasteiger partial charge in [-0.25, -0.2) is 0 Å². The Balaban J connectivity index is 1.85. The summed E-state index contributed by atoms with van der Waals surface area (Å²) in [6, 6.07) is 4.02. The molecule has 2 N–H and O–H groups in total. The van der Waals surface area contributed by atoms with Crippen LogP contribution in [0.1, 0.15) is 5.56 Å². The molecule has 0 aliphatic carbocycles. The first-order valence-electron chi connectivity index (χ1n) is 5.84. The van der Waals surface area contributed by atoms with E-state index in [2.05, 4.69) is 45.9 Å². The Morgan fingerprint density at radius 3 is 2.70 bits per heavy atom. The summed E-state index contributed by atoms with van der Waals surface area (Å²) >= 11 is 8.06. The van der Waals surface area contributed by atoms with Crippen LogP contribution in [0.4, 0.5) is 5.69 Å². The van der Waals surface area contributed by atoms with Crippen molar-refractivity contribution in [3.63, 3.8) is 0 Å². The Morgan fingerprint density at radius 2 is 2.10 bits per heavy atom. The van der Waals surface area contributed by atoms with E-state index in [0.29, 0.717) is 12.4 Å². The van der Waals surface area contributed by atoms with Crippen molar-refractivity contribution in [1.82, 2.24) is 8.75 Å². The molecule has 108 valence electrons. The summed E-state index contributed by atoms with van der Waals surface area (Å²) in [6.07, 6.45) is 0.884. The topological polar surface area (TPSA) is 67.3 Å². The summed E-state index contributed by atoms with van der Waals surface area (Å²) in [6.45, 7) is 2.56. The quantitative estimate of drug-likeness (QED) is 0.747. The van der Waals surface area contributed by atoms with E-state index >= 15 is 0 Å². The highest BCUT2D eigenvalue weighted by molar-refractivity contribution is 9.11. The molecule has 0 saturated heterocycles. The second-order valence-electron chi connectivity index (χ2n) is 4.19. The van der Waals surface area contributed by atoms with Gasteiger partial charge in [0.15, 0.2) is 0 Å². The molecule has 5 nitrogen and oxygen atoms in total. The average Bonchev–Trinajstić information content (AvgIpc) is 2.88. The Morgan fingerprint density at radius 1 is 1.40 bits per heavy atom. The van der Waals surface area contributed by atoms with E-state index in [9.17, 15) is 5.11 Å². The lowest BCUT2D eigenvalue weighted by Gasteiger charge is -2.15. The maximum Gasteiger partial charge on any atom is 0.245 e. The summed E-state index contributed by atoms with van der Waals surface area (Å²) in [5.41, 5.74) is 2.05. The predicted molar refractivity (Wildman–Crippen MR) is 86.5 cm³/mol. The van der Waals surface area contributed by atoms with Crippen molar-refractivity contribution in [2.75, 3.05) is 18.5 Å². The van der Waals surface area contributed by atoms with Crippen LogP contribution in [0.2, 0.25) is 0 Å². The van der Waals surface area contributed by atoms with Crippen molar-refractivity contribution in [1.29, 1.82) is 0 Å². The minimum atomic E-state index is -0.642. The normalized spacial score (nSPS) is 12.2. The lowest BCUT2D eigenvalue weighted by Crippen LogP contribution is -2.26. The van der Waals surface area contributed by atoms with Gasteiger partial charge in [-0.2, -0.15) is 4.37 Å². The number of aliphatic hydroxyl groups is 1. The average molecular weight is 423 g/mol. The summed E-state index contributed by atoms with van der Waals surface area (Å²) in [4.78, 5) is 0. The van der Waals surface area contributed by atoms with Gasteiger partial charge in [-0.1, -0.05) is 0 Å². The molecular weight excluding hydrogens is 410 g/mol. The second-order valence-corrected chi connectivity index (χ2v) is 6.46. The van der Waals surface area contributed by atoms with E-state index in [1.165, 1.54) is 6.20 Å². The zero-order valence-corrected chi connectivity index (χ0v) is 14.6. The van der Waals surface area contributed by atoms with Crippen molar-refractivity contribution in [2.45, 2.75) is 13.0 Å². The maximum absolute atomic E-state index is 9.88. The van der Waals surface area contributed by atoms with Crippen LogP contribution in [0.5, 0.6) is 5.88 Å². The van der Waals surface area contributed by atoms with E-state index in [1.807, 2.05) is 19.1 Å². The van der Waals surface area contributed by atoms with Crippen LogP contribution in [0.25, 0.3) is 0 Å². The monoisotopic (exact) mass is 421 g/mol. The first-order valence-corrected chi connectivity index (χ1v) is 8.16. The third-order valence-corrected chi connectivity index (χ3v) is 4.18. The van der Waals surface area contributed by atoms with Crippen LogP contribution in [0.3, 0.4) is 0 Å². The number of aromatic nitrogens is 2. The van der Waals surface area contributed by atoms with Gasteiger partial charge in [-0.3, -0.25) is 0 Å². The minimum Gasteiger partial charge on any atom is -0.473 e. The molecule has 1 aromatic heterocycles. The van der Waals surface area contributed by atoms with Gasteiger partial charge in [0.1, 0.15) is 18.9 Å². The van der Waals surface area contributed by atoms with Crippen molar-refractivity contribution >= 4 is 49.3 Å². The van der Waals surface area contributed by atoms with Crippen LogP contribution < -0.4 is 10.1 Å². The zero-order valence-electron chi connectivity index (χ0n) is 10.6. The lowest BCUT2D eigenvalue weighted by atomic mass is 10.2. The van der Waals surface area contributed by atoms with Gasteiger partial charge < -0.3 is 15.2 Å². The van der Waals surface area contributed by atoms with E-state index in [0.717, 1.165) is 31.9 Å². The molecule has 1 unspecified atom stereocenters. The molecule has 20 heavy (non-hydrogen) atoms. The van der Waals surface area contributed by atoms with Gasteiger partial charge in [0.25, 0.3) is 0 Å². The van der Waals surface area contributed by atoms with Gasteiger partial charge in [0.2, 0.25) is 5.88 Å². The lowest BCUT2D eigenvalue weighted by molar-refractivity contribution is 0.115. The predicted octanol–water partition coefficient (Wildman–Crippen LogP) is 3.22. The smallest absolute Gasteiger partial charge is 0.245 e. The number of aryl methyl sites for hydroxylation is 1. The number of nitrogens with one attached hydrogen (secondary N) is 1. The SMILES string of the molecule is Cc1cc(Br)c(NCC(O)COc2cnsn2)c(Br)c1.